The van der Waals surface area contributed by atoms with E-state index in [1.54, 1.807) is 23.1 Å². The Morgan fingerprint density at radius 1 is 1.12 bits per heavy atom. The van der Waals surface area contributed by atoms with Crippen molar-refractivity contribution in [2.75, 3.05) is 16.8 Å². The SMILES string of the molecule is CC(C)C(=O)N1CCCc2cc(NC(=O)c3c(F)cccc3F)ccc21. The van der Waals surface area contributed by atoms with Crippen molar-refractivity contribution in [3.8, 4) is 0 Å². The summed E-state index contributed by atoms with van der Waals surface area (Å²) < 4.78 is 27.5. The van der Waals surface area contributed by atoms with Crippen LogP contribution in [0.5, 0.6) is 0 Å². The number of carbonyl (C=O) groups excluding carboxylic acids is 2. The number of hydrogen-bond donors (Lipinski definition) is 1. The molecule has 0 bridgehead atoms. The lowest BCUT2D eigenvalue weighted by Gasteiger charge is -2.31. The maximum absolute atomic E-state index is 13.7. The fourth-order valence-electron chi connectivity index (χ4n) is 3.12. The number of amides is 2. The molecule has 6 heteroatoms. The molecule has 2 aromatic carbocycles. The second-order valence-electron chi connectivity index (χ2n) is 6.64. The van der Waals surface area contributed by atoms with E-state index in [1.165, 1.54) is 6.07 Å². The Morgan fingerprint density at radius 3 is 2.46 bits per heavy atom. The maximum Gasteiger partial charge on any atom is 0.261 e. The van der Waals surface area contributed by atoms with Gasteiger partial charge >= 0.3 is 0 Å². The molecule has 0 saturated heterocycles. The first kappa shape index (κ1) is 18.0. The first-order valence-electron chi connectivity index (χ1n) is 8.58. The molecule has 2 aromatic rings. The predicted octanol–water partition coefficient (Wildman–Crippen LogP) is 4.15. The number of benzene rings is 2. The number of nitrogens with one attached hydrogen (secondary N) is 1. The maximum atomic E-state index is 13.7. The van der Waals surface area contributed by atoms with Crippen molar-refractivity contribution < 1.29 is 18.4 Å². The quantitative estimate of drug-likeness (QED) is 0.896. The largest absolute Gasteiger partial charge is 0.322 e. The molecule has 2 amide bonds. The Bertz CT molecular complexity index is 845. The molecule has 0 radical (unpaired) electrons. The van der Waals surface area contributed by atoms with E-state index in [4.69, 9.17) is 0 Å². The van der Waals surface area contributed by atoms with Crippen LogP contribution in [0.25, 0.3) is 0 Å². The summed E-state index contributed by atoms with van der Waals surface area (Å²) in [4.78, 5) is 26.3. The smallest absolute Gasteiger partial charge is 0.261 e. The van der Waals surface area contributed by atoms with Gasteiger partial charge in [-0.3, -0.25) is 9.59 Å². The molecule has 3 rings (SSSR count). The van der Waals surface area contributed by atoms with Crippen LogP contribution in [0.2, 0.25) is 0 Å². The van der Waals surface area contributed by atoms with Gasteiger partial charge in [0, 0.05) is 23.8 Å². The van der Waals surface area contributed by atoms with E-state index in [-0.39, 0.29) is 11.8 Å². The van der Waals surface area contributed by atoms with Crippen molar-refractivity contribution in [2.24, 2.45) is 5.92 Å². The Morgan fingerprint density at radius 2 is 1.81 bits per heavy atom. The van der Waals surface area contributed by atoms with Gasteiger partial charge in [-0.2, -0.15) is 0 Å². The second-order valence-corrected chi connectivity index (χ2v) is 6.64. The van der Waals surface area contributed by atoms with Crippen molar-refractivity contribution in [1.82, 2.24) is 0 Å². The van der Waals surface area contributed by atoms with Gasteiger partial charge in [0.15, 0.2) is 0 Å². The number of carbonyl (C=O) groups is 2. The second kappa shape index (κ2) is 7.23. The summed E-state index contributed by atoms with van der Waals surface area (Å²) in [6.45, 7) is 4.37. The molecule has 0 aliphatic carbocycles. The first-order valence-corrected chi connectivity index (χ1v) is 8.58. The van der Waals surface area contributed by atoms with Crippen LogP contribution >= 0.6 is 0 Å². The van der Waals surface area contributed by atoms with Crippen LogP contribution in [0.4, 0.5) is 20.2 Å². The first-order chi connectivity index (χ1) is 12.4. The van der Waals surface area contributed by atoms with Gasteiger partial charge in [0.1, 0.15) is 17.2 Å². The lowest BCUT2D eigenvalue weighted by atomic mass is 9.99. The zero-order chi connectivity index (χ0) is 18.8. The van der Waals surface area contributed by atoms with E-state index >= 15 is 0 Å². The molecule has 136 valence electrons. The number of halogens is 2. The number of aryl methyl sites for hydroxylation is 1. The van der Waals surface area contributed by atoms with E-state index in [0.29, 0.717) is 12.2 Å². The zero-order valence-corrected chi connectivity index (χ0v) is 14.7. The minimum Gasteiger partial charge on any atom is -0.322 e. The van der Waals surface area contributed by atoms with E-state index < -0.39 is 23.1 Å². The van der Waals surface area contributed by atoms with E-state index in [0.717, 1.165) is 36.2 Å². The number of anilines is 2. The van der Waals surface area contributed by atoms with Crippen molar-refractivity contribution >= 4 is 23.2 Å². The summed E-state index contributed by atoms with van der Waals surface area (Å²) in [6, 6.07) is 8.45. The average molecular weight is 358 g/mol. The normalized spacial score (nSPS) is 13.5. The Balaban J connectivity index is 1.85. The molecule has 0 unspecified atom stereocenters. The average Bonchev–Trinajstić information content (AvgIpc) is 2.60. The molecule has 1 aliphatic rings. The molecular formula is C20H20F2N2O2. The van der Waals surface area contributed by atoms with Gasteiger partial charge in [0.25, 0.3) is 5.91 Å². The summed E-state index contributed by atoms with van der Waals surface area (Å²) in [5.74, 6) is -2.71. The van der Waals surface area contributed by atoms with Crippen LogP contribution in [0, 0.1) is 17.6 Å². The van der Waals surface area contributed by atoms with Gasteiger partial charge in [-0.1, -0.05) is 19.9 Å². The fraction of sp³-hybridized carbons (Fsp3) is 0.300. The van der Waals surface area contributed by atoms with Crippen LogP contribution < -0.4 is 10.2 Å². The summed E-state index contributed by atoms with van der Waals surface area (Å²) >= 11 is 0. The van der Waals surface area contributed by atoms with Gasteiger partial charge < -0.3 is 10.2 Å². The molecule has 0 fully saturated rings. The highest BCUT2D eigenvalue weighted by atomic mass is 19.1. The molecule has 0 aromatic heterocycles. The van der Waals surface area contributed by atoms with E-state index in [9.17, 15) is 18.4 Å². The van der Waals surface area contributed by atoms with Gasteiger partial charge in [0.05, 0.1) is 0 Å². The monoisotopic (exact) mass is 358 g/mol. The van der Waals surface area contributed by atoms with Gasteiger partial charge in [-0.25, -0.2) is 8.78 Å². The van der Waals surface area contributed by atoms with Crippen molar-refractivity contribution in [2.45, 2.75) is 26.7 Å². The minimum atomic E-state index is -0.908. The molecule has 1 heterocycles. The standard InChI is InChI=1S/C20H20F2N2O2/c1-12(2)20(26)24-10-4-5-13-11-14(8-9-17(13)24)23-19(25)18-15(21)6-3-7-16(18)22/h3,6-9,11-12H,4-5,10H2,1-2H3,(H,23,25). The van der Waals surface area contributed by atoms with Gasteiger partial charge in [-0.15, -0.1) is 0 Å². The third-order valence-corrected chi connectivity index (χ3v) is 4.41. The molecular weight excluding hydrogens is 338 g/mol. The molecule has 1 aliphatic heterocycles. The van der Waals surface area contributed by atoms with Crippen LogP contribution in [0.1, 0.15) is 36.2 Å². The lowest BCUT2D eigenvalue weighted by Crippen LogP contribution is -2.38. The van der Waals surface area contributed by atoms with Crippen LogP contribution in [0.15, 0.2) is 36.4 Å². The van der Waals surface area contributed by atoms with Crippen LogP contribution in [-0.4, -0.2) is 18.4 Å². The third-order valence-electron chi connectivity index (χ3n) is 4.41. The summed E-state index contributed by atoms with van der Waals surface area (Å²) in [7, 11) is 0. The Labute approximate surface area is 150 Å². The van der Waals surface area contributed by atoms with Crippen LogP contribution in [-0.2, 0) is 11.2 Å². The molecule has 1 N–H and O–H groups in total. The number of rotatable bonds is 3. The summed E-state index contributed by atoms with van der Waals surface area (Å²) in [6.07, 6.45) is 1.60. The Hall–Kier alpha value is -2.76. The third kappa shape index (κ3) is 3.45. The molecule has 0 atom stereocenters. The highest BCUT2D eigenvalue weighted by Crippen LogP contribution is 2.31. The van der Waals surface area contributed by atoms with Gasteiger partial charge in [0.2, 0.25) is 5.91 Å². The molecule has 0 spiro atoms. The Kier molecular flexibility index (Phi) is 5.02. The highest BCUT2D eigenvalue weighted by Gasteiger charge is 2.25. The van der Waals surface area contributed by atoms with Crippen molar-refractivity contribution in [3.63, 3.8) is 0 Å². The molecule has 26 heavy (non-hydrogen) atoms. The summed E-state index contributed by atoms with van der Waals surface area (Å²) in [5.41, 5.74) is 1.58. The number of fused-ring (bicyclic) bond motifs is 1. The molecule has 4 nitrogen and oxygen atoms in total. The topological polar surface area (TPSA) is 49.4 Å². The fourth-order valence-corrected chi connectivity index (χ4v) is 3.12. The van der Waals surface area contributed by atoms with Gasteiger partial charge in [-0.05, 0) is 48.7 Å². The van der Waals surface area contributed by atoms with Crippen molar-refractivity contribution in [3.05, 3.63) is 59.2 Å². The molecule has 0 saturated carbocycles. The summed E-state index contributed by atoms with van der Waals surface area (Å²) in [5, 5.41) is 2.53. The van der Waals surface area contributed by atoms with Crippen LogP contribution in [0.3, 0.4) is 0 Å². The van der Waals surface area contributed by atoms with E-state index in [2.05, 4.69) is 5.32 Å². The number of nitrogens with zero attached hydrogens (tertiary/aromatic N) is 1. The lowest BCUT2D eigenvalue weighted by molar-refractivity contribution is -0.121. The zero-order valence-electron chi connectivity index (χ0n) is 14.7. The highest BCUT2D eigenvalue weighted by molar-refractivity contribution is 6.05. The number of hydrogen-bond acceptors (Lipinski definition) is 2. The predicted molar refractivity (Wildman–Crippen MR) is 96.3 cm³/mol. The van der Waals surface area contributed by atoms with Crippen molar-refractivity contribution in [1.29, 1.82) is 0 Å². The van der Waals surface area contributed by atoms with E-state index in [1.807, 2.05) is 13.8 Å². The minimum absolute atomic E-state index is 0.0520.